The smallest absolute Gasteiger partial charge is 0.339 e. The van der Waals surface area contributed by atoms with Gasteiger partial charge >= 0.3 is 10.1 Å². The number of hydrogen-bond donors (Lipinski definition) is 1. The van der Waals surface area contributed by atoms with Crippen LogP contribution >= 0.6 is 0 Å². The summed E-state index contributed by atoms with van der Waals surface area (Å²) in [5.41, 5.74) is 1.84. The number of H-pyrrole nitrogens is 1. The molecular weight excluding hydrogens is 391 g/mol. The van der Waals surface area contributed by atoms with E-state index in [4.69, 9.17) is 4.18 Å². The van der Waals surface area contributed by atoms with E-state index < -0.39 is 15.9 Å². The summed E-state index contributed by atoms with van der Waals surface area (Å²) in [5, 5.41) is 0.770. The summed E-state index contributed by atoms with van der Waals surface area (Å²) in [6.07, 6.45) is 4.89. The topological polar surface area (TPSA) is 62.4 Å². The third-order valence-corrected chi connectivity index (χ3v) is 6.08. The minimum absolute atomic E-state index is 0.0787. The minimum atomic E-state index is -4.06. The first kappa shape index (κ1) is 21.3. The normalized spacial score (nSPS) is 12.0. The molecule has 7 heteroatoms. The fourth-order valence-corrected chi connectivity index (χ4v) is 4.44. The van der Waals surface area contributed by atoms with Crippen LogP contribution in [0.2, 0.25) is 0 Å². The molecule has 0 amide bonds. The highest BCUT2D eigenvalue weighted by Gasteiger charge is 2.20. The van der Waals surface area contributed by atoms with Crippen molar-refractivity contribution in [3.05, 3.63) is 60.0 Å². The molecule has 0 aliphatic carbocycles. The Morgan fingerprint density at radius 3 is 2.34 bits per heavy atom. The second-order valence-corrected chi connectivity index (χ2v) is 8.62. The van der Waals surface area contributed by atoms with Crippen LogP contribution in [0.1, 0.15) is 32.3 Å². The van der Waals surface area contributed by atoms with Crippen molar-refractivity contribution in [2.45, 2.75) is 38.0 Å². The monoisotopic (exact) mass is 418 g/mol. The van der Waals surface area contributed by atoms with Crippen molar-refractivity contribution in [1.29, 1.82) is 0 Å². The number of fused-ring (bicyclic) bond motifs is 1. The number of rotatable bonds is 10. The number of nitrogens with one attached hydrogen (secondary N) is 1. The van der Waals surface area contributed by atoms with E-state index in [-0.39, 0.29) is 10.6 Å². The molecular formula is C22H27FN2O3S. The van der Waals surface area contributed by atoms with Gasteiger partial charge in [0.05, 0.1) is 0 Å². The van der Waals surface area contributed by atoms with Gasteiger partial charge in [-0.1, -0.05) is 19.9 Å². The van der Waals surface area contributed by atoms with Gasteiger partial charge in [0, 0.05) is 23.6 Å². The molecule has 0 unspecified atom stereocenters. The van der Waals surface area contributed by atoms with E-state index in [1.807, 2.05) is 12.3 Å². The van der Waals surface area contributed by atoms with Crippen molar-refractivity contribution in [3.8, 4) is 5.75 Å². The van der Waals surface area contributed by atoms with Gasteiger partial charge in [0.25, 0.3) is 0 Å². The van der Waals surface area contributed by atoms with Crippen LogP contribution in [0.5, 0.6) is 5.75 Å². The Balaban J connectivity index is 1.87. The lowest BCUT2D eigenvalue weighted by molar-refractivity contribution is 0.278. The zero-order chi connectivity index (χ0) is 20.9. The first-order valence-corrected chi connectivity index (χ1v) is 11.4. The molecule has 156 valence electrons. The molecule has 0 aliphatic heterocycles. The van der Waals surface area contributed by atoms with Crippen molar-refractivity contribution >= 4 is 21.0 Å². The first-order chi connectivity index (χ1) is 13.9. The van der Waals surface area contributed by atoms with Crippen molar-refractivity contribution in [2.24, 2.45) is 0 Å². The maximum absolute atomic E-state index is 13.1. The third-order valence-electron chi connectivity index (χ3n) is 4.83. The molecule has 5 nitrogen and oxygen atoms in total. The summed E-state index contributed by atoms with van der Waals surface area (Å²) in [5.74, 6) is -0.219. The fourth-order valence-electron chi connectivity index (χ4n) is 3.50. The van der Waals surface area contributed by atoms with E-state index in [0.717, 1.165) is 67.5 Å². The van der Waals surface area contributed by atoms with Crippen LogP contribution in [-0.4, -0.2) is 37.9 Å². The van der Waals surface area contributed by atoms with Gasteiger partial charge in [-0.25, -0.2) is 4.39 Å². The SMILES string of the molecule is CCCN(CCC)CCc1c[nH]c2cccc(OS(=O)(=O)c3ccc(F)cc3)c12. The van der Waals surface area contributed by atoms with Crippen molar-refractivity contribution in [3.63, 3.8) is 0 Å². The number of halogens is 1. The molecule has 1 heterocycles. The minimum Gasteiger partial charge on any atom is -0.378 e. The van der Waals surface area contributed by atoms with Gasteiger partial charge in [-0.3, -0.25) is 0 Å². The summed E-state index contributed by atoms with van der Waals surface area (Å²) in [4.78, 5) is 5.54. The fraction of sp³-hybridized carbons (Fsp3) is 0.364. The third kappa shape index (κ3) is 5.16. The number of aromatic amines is 1. The van der Waals surface area contributed by atoms with Gasteiger partial charge in [-0.05, 0) is 74.3 Å². The molecule has 0 spiro atoms. The molecule has 0 radical (unpaired) electrons. The van der Waals surface area contributed by atoms with E-state index >= 15 is 0 Å². The molecule has 0 saturated heterocycles. The number of benzene rings is 2. The second-order valence-electron chi connectivity index (χ2n) is 7.08. The Morgan fingerprint density at radius 1 is 1.00 bits per heavy atom. The van der Waals surface area contributed by atoms with Crippen LogP contribution < -0.4 is 4.18 Å². The maximum Gasteiger partial charge on any atom is 0.339 e. The zero-order valence-corrected chi connectivity index (χ0v) is 17.6. The molecule has 0 atom stereocenters. The van der Waals surface area contributed by atoms with Crippen LogP contribution in [0.4, 0.5) is 4.39 Å². The van der Waals surface area contributed by atoms with E-state index in [1.54, 1.807) is 12.1 Å². The highest BCUT2D eigenvalue weighted by molar-refractivity contribution is 7.87. The lowest BCUT2D eigenvalue weighted by Crippen LogP contribution is -2.27. The lowest BCUT2D eigenvalue weighted by atomic mass is 10.1. The molecule has 29 heavy (non-hydrogen) atoms. The van der Waals surface area contributed by atoms with E-state index in [9.17, 15) is 12.8 Å². The predicted octanol–water partition coefficient (Wildman–Crippen LogP) is 4.74. The van der Waals surface area contributed by atoms with Crippen LogP contribution in [-0.2, 0) is 16.5 Å². The number of nitrogens with zero attached hydrogens (tertiary/aromatic N) is 1. The van der Waals surface area contributed by atoms with Gasteiger partial charge in [0.2, 0.25) is 0 Å². The number of aromatic nitrogens is 1. The molecule has 3 aromatic rings. The quantitative estimate of drug-likeness (QED) is 0.483. The summed E-state index contributed by atoms with van der Waals surface area (Å²) < 4.78 is 43.9. The molecule has 0 aliphatic rings. The Morgan fingerprint density at radius 2 is 1.69 bits per heavy atom. The molecule has 3 rings (SSSR count). The Kier molecular flexibility index (Phi) is 6.92. The first-order valence-electron chi connectivity index (χ1n) is 9.96. The largest absolute Gasteiger partial charge is 0.378 e. The van der Waals surface area contributed by atoms with Crippen LogP contribution in [0, 0.1) is 5.82 Å². The van der Waals surface area contributed by atoms with Crippen LogP contribution in [0.15, 0.2) is 53.6 Å². The second kappa shape index (κ2) is 9.41. The summed E-state index contributed by atoms with van der Waals surface area (Å²) in [6.45, 7) is 7.31. The molecule has 2 aromatic carbocycles. The van der Waals surface area contributed by atoms with Gasteiger partial charge in [0.1, 0.15) is 10.7 Å². The Labute approximate surface area is 171 Å². The Bertz CT molecular complexity index is 1040. The predicted molar refractivity (Wildman–Crippen MR) is 113 cm³/mol. The number of hydrogen-bond acceptors (Lipinski definition) is 4. The van der Waals surface area contributed by atoms with Gasteiger partial charge in [0.15, 0.2) is 5.75 Å². The zero-order valence-electron chi connectivity index (χ0n) is 16.8. The highest BCUT2D eigenvalue weighted by atomic mass is 32.2. The van der Waals surface area contributed by atoms with Gasteiger partial charge < -0.3 is 14.1 Å². The Hall–Kier alpha value is -2.38. The summed E-state index contributed by atoms with van der Waals surface area (Å²) in [7, 11) is -4.06. The van der Waals surface area contributed by atoms with E-state index in [1.165, 1.54) is 12.1 Å². The van der Waals surface area contributed by atoms with E-state index in [0.29, 0.717) is 0 Å². The summed E-state index contributed by atoms with van der Waals surface area (Å²) in [6, 6.07) is 9.91. The molecule has 1 N–H and O–H groups in total. The molecule has 1 aromatic heterocycles. The lowest BCUT2D eigenvalue weighted by Gasteiger charge is -2.20. The average Bonchev–Trinajstić information content (AvgIpc) is 3.11. The van der Waals surface area contributed by atoms with Crippen molar-refractivity contribution < 1.29 is 17.0 Å². The van der Waals surface area contributed by atoms with Crippen molar-refractivity contribution in [1.82, 2.24) is 9.88 Å². The highest BCUT2D eigenvalue weighted by Crippen LogP contribution is 2.31. The molecule has 0 bridgehead atoms. The summed E-state index contributed by atoms with van der Waals surface area (Å²) >= 11 is 0. The van der Waals surface area contributed by atoms with Crippen LogP contribution in [0.25, 0.3) is 10.9 Å². The van der Waals surface area contributed by atoms with Crippen LogP contribution in [0.3, 0.4) is 0 Å². The van der Waals surface area contributed by atoms with E-state index in [2.05, 4.69) is 23.7 Å². The average molecular weight is 419 g/mol. The standard InChI is InChI=1S/C22H27FN2O3S/c1-3-13-25(14-4-2)15-12-17-16-24-20-6-5-7-21(22(17)20)28-29(26,27)19-10-8-18(23)9-11-19/h5-11,16,24H,3-4,12-15H2,1-2H3. The molecule has 0 fully saturated rings. The van der Waals surface area contributed by atoms with Gasteiger partial charge in [-0.15, -0.1) is 0 Å². The molecule has 0 saturated carbocycles. The van der Waals surface area contributed by atoms with Gasteiger partial charge in [-0.2, -0.15) is 8.42 Å². The van der Waals surface area contributed by atoms with Crippen molar-refractivity contribution in [2.75, 3.05) is 19.6 Å². The maximum atomic E-state index is 13.1.